The first-order valence-corrected chi connectivity index (χ1v) is 8.37. The van der Waals surface area contributed by atoms with Gasteiger partial charge in [0.05, 0.1) is 11.9 Å². The zero-order chi connectivity index (χ0) is 19.4. The van der Waals surface area contributed by atoms with Crippen LogP contribution < -0.4 is 15.5 Å². The van der Waals surface area contributed by atoms with Crippen molar-refractivity contribution in [3.05, 3.63) is 71.7 Å². The van der Waals surface area contributed by atoms with Crippen LogP contribution in [0.5, 0.6) is 0 Å². The van der Waals surface area contributed by atoms with Crippen LogP contribution in [-0.2, 0) is 0 Å². The maximum atomic E-state index is 13.6. The van der Waals surface area contributed by atoms with Crippen LogP contribution in [0.15, 0.2) is 54.7 Å². The number of hydrogen-bond acceptors (Lipinski definition) is 5. The Bertz CT molecular complexity index is 957. The van der Waals surface area contributed by atoms with Crippen molar-refractivity contribution in [2.75, 3.05) is 29.6 Å². The molecule has 27 heavy (non-hydrogen) atoms. The average Bonchev–Trinajstić information content (AvgIpc) is 2.65. The number of rotatable bonds is 5. The van der Waals surface area contributed by atoms with E-state index in [0.29, 0.717) is 17.1 Å². The predicted octanol–water partition coefficient (Wildman–Crippen LogP) is 3.99. The van der Waals surface area contributed by atoms with E-state index in [1.54, 1.807) is 37.4 Å². The third-order valence-electron chi connectivity index (χ3n) is 4.01. The van der Waals surface area contributed by atoms with Gasteiger partial charge in [0.15, 0.2) is 5.82 Å². The van der Waals surface area contributed by atoms with Crippen LogP contribution in [-0.4, -0.2) is 30.2 Å². The molecule has 0 bridgehead atoms. The largest absolute Gasteiger partial charge is 0.376 e. The van der Waals surface area contributed by atoms with Gasteiger partial charge in [0.1, 0.15) is 5.82 Å². The Morgan fingerprint density at radius 1 is 1.04 bits per heavy atom. The van der Waals surface area contributed by atoms with E-state index in [4.69, 9.17) is 0 Å². The Kier molecular flexibility index (Phi) is 5.30. The van der Waals surface area contributed by atoms with Gasteiger partial charge in [0.25, 0.3) is 5.91 Å². The second-order valence-corrected chi connectivity index (χ2v) is 6.31. The van der Waals surface area contributed by atoms with E-state index in [9.17, 15) is 9.18 Å². The highest BCUT2D eigenvalue weighted by molar-refractivity contribution is 6.04. The summed E-state index contributed by atoms with van der Waals surface area (Å²) in [4.78, 5) is 14.2. The maximum absolute atomic E-state index is 13.6. The summed E-state index contributed by atoms with van der Waals surface area (Å²) in [6.07, 6.45) is 1.68. The smallest absolute Gasteiger partial charge is 0.255 e. The van der Waals surface area contributed by atoms with Crippen LogP contribution in [0.3, 0.4) is 0 Å². The quantitative estimate of drug-likeness (QED) is 0.716. The van der Waals surface area contributed by atoms with Gasteiger partial charge in [-0.05, 0) is 48.9 Å². The molecule has 0 spiro atoms. The van der Waals surface area contributed by atoms with E-state index < -0.39 is 5.82 Å². The second kappa shape index (κ2) is 7.82. The van der Waals surface area contributed by atoms with Crippen LogP contribution in [0.4, 0.5) is 27.3 Å². The van der Waals surface area contributed by atoms with E-state index in [1.807, 2.05) is 37.2 Å². The van der Waals surface area contributed by atoms with Crippen molar-refractivity contribution in [3.63, 3.8) is 0 Å². The molecule has 138 valence electrons. The minimum atomic E-state index is -0.400. The monoisotopic (exact) mass is 365 g/mol. The van der Waals surface area contributed by atoms with Crippen LogP contribution in [0.2, 0.25) is 0 Å². The molecule has 0 saturated carbocycles. The lowest BCUT2D eigenvalue weighted by atomic mass is 10.1. The first-order chi connectivity index (χ1) is 12.9. The molecule has 3 aromatic rings. The molecule has 1 heterocycles. The maximum Gasteiger partial charge on any atom is 0.255 e. The highest BCUT2D eigenvalue weighted by Crippen LogP contribution is 2.20. The fourth-order valence-electron chi connectivity index (χ4n) is 2.38. The van der Waals surface area contributed by atoms with Crippen LogP contribution in [0.1, 0.15) is 15.9 Å². The molecule has 2 N–H and O–H groups in total. The normalized spacial score (nSPS) is 10.4. The lowest BCUT2D eigenvalue weighted by molar-refractivity contribution is 0.102. The number of nitrogens with zero attached hydrogens (tertiary/aromatic N) is 3. The Hall–Kier alpha value is -3.48. The number of aryl methyl sites for hydroxylation is 1. The van der Waals surface area contributed by atoms with Gasteiger partial charge in [-0.1, -0.05) is 6.07 Å². The van der Waals surface area contributed by atoms with Gasteiger partial charge < -0.3 is 15.5 Å². The molecule has 1 aromatic heterocycles. The average molecular weight is 365 g/mol. The number of hydrogen-bond donors (Lipinski definition) is 2. The number of aromatic nitrogens is 2. The fourth-order valence-corrected chi connectivity index (χ4v) is 2.38. The number of benzene rings is 2. The molecular formula is C20H20FN5O. The van der Waals surface area contributed by atoms with Crippen molar-refractivity contribution in [1.82, 2.24) is 10.2 Å². The van der Waals surface area contributed by atoms with Gasteiger partial charge in [0.2, 0.25) is 0 Å². The van der Waals surface area contributed by atoms with Gasteiger partial charge in [-0.2, -0.15) is 5.10 Å². The molecule has 0 aliphatic carbocycles. The summed E-state index contributed by atoms with van der Waals surface area (Å²) in [5, 5.41) is 13.9. The zero-order valence-corrected chi connectivity index (χ0v) is 15.3. The molecule has 0 fully saturated rings. The third kappa shape index (κ3) is 4.58. The number of carbonyl (C=O) groups is 1. The van der Waals surface area contributed by atoms with E-state index in [-0.39, 0.29) is 11.5 Å². The van der Waals surface area contributed by atoms with E-state index in [1.165, 1.54) is 6.07 Å². The first kappa shape index (κ1) is 18.3. The molecule has 0 aliphatic rings. The lowest BCUT2D eigenvalue weighted by Crippen LogP contribution is -2.12. The predicted molar refractivity (Wildman–Crippen MR) is 105 cm³/mol. The Morgan fingerprint density at radius 3 is 2.41 bits per heavy atom. The molecule has 0 radical (unpaired) electrons. The van der Waals surface area contributed by atoms with Gasteiger partial charge >= 0.3 is 0 Å². The van der Waals surface area contributed by atoms with E-state index in [0.717, 1.165) is 11.4 Å². The standard InChI is InChI=1S/C20H20FN5O/c1-13-4-5-14(10-18(13)21)20(27)24-16-8-6-15(7-9-16)23-19-11-17(26(2)3)12-22-25-19/h4-12H,1-3H3,(H,23,25)(H,24,27). The SMILES string of the molecule is Cc1ccc(C(=O)Nc2ccc(Nc3cc(N(C)C)cnn3)cc2)cc1F. The van der Waals surface area contributed by atoms with E-state index in [2.05, 4.69) is 20.8 Å². The molecular weight excluding hydrogens is 345 g/mol. The minimum absolute atomic E-state index is 0.274. The van der Waals surface area contributed by atoms with Gasteiger partial charge in [-0.15, -0.1) is 5.10 Å². The van der Waals surface area contributed by atoms with Gasteiger partial charge in [0, 0.05) is 37.1 Å². The summed E-state index contributed by atoms with van der Waals surface area (Å²) in [6, 6.07) is 13.4. The van der Waals surface area contributed by atoms with Gasteiger partial charge in [-0.3, -0.25) is 4.79 Å². The topological polar surface area (TPSA) is 70.2 Å². The number of halogens is 1. The van der Waals surface area contributed by atoms with Crippen LogP contribution in [0, 0.1) is 12.7 Å². The van der Waals surface area contributed by atoms with Crippen molar-refractivity contribution in [2.45, 2.75) is 6.92 Å². The Labute approximate surface area is 157 Å². The van der Waals surface area contributed by atoms with Crippen LogP contribution in [0.25, 0.3) is 0 Å². The summed E-state index contributed by atoms with van der Waals surface area (Å²) in [6.45, 7) is 1.65. The lowest BCUT2D eigenvalue weighted by Gasteiger charge is -2.13. The van der Waals surface area contributed by atoms with Crippen molar-refractivity contribution in [3.8, 4) is 0 Å². The second-order valence-electron chi connectivity index (χ2n) is 6.31. The Morgan fingerprint density at radius 2 is 1.74 bits per heavy atom. The molecule has 0 atom stereocenters. The van der Waals surface area contributed by atoms with E-state index >= 15 is 0 Å². The summed E-state index contributed by atoms with van der Waals surface area (Å²) < 4.78 is 13.6. The van der Waals surface area contributed by atoms with Crippen molar-refractivity contribution in [1.29, 1.82) is 0 Å². The number of carbonyl (C=O) groups excluding carboxylic acids is 1. The molecule has 1 amide bonds. The molecule has 0 aliphatic heterocycles. The molecule has 0 unspecified atom stereocenters. The Balaban J connectivity index is 1.67. The molecule has 7 heteroatoms. The molecule has 2 aromatic carbocycles. The first-order valence-electron chi connectivity index (χ1n) is 8.37. The number of amides is 1. The van der Waals surface area contributed by atoms with Crippen molar-refractivity contribution in [2.24, 2.45) is 0 Å². The summed E-state index contributed by atoms with van der Waals surface area (Å²) >= 11 is 0. The zero-order valence-electron chi connectivity index (χ0n) is 15.3. The van der Waals surface area contributed by atoms with Crippen molar-refractivity contribution < 1.29 is 9.18 Å². The minimum Gasteiger partial charge on any atom is -0.376 e. The summed E-state index contributed by atoms with van der Waals surface area (Å²) in [7, 11) is 3.86. The molecule has 0 saturated heterocycles. The molecule has 6 nitrogen and oxygen atoms in total. The number of nitrogens with one attached hydrogen (secondary N) is 2. The van der Waals surface area contributed by atoms with Crippen LogP contribution >= 0.6 is 0 Å². The summed E-state index contributed by atoms with van der Waals surface area (Å²) in [5.41, 5.74) is 3.13. The molecule has 3 rings (SSSR count). The fraction of sp³-hybridized carbons (Fsp3) is 0.150. The third-order valence-corrected chi connectivity index (χ3v) is 4.01. The highest BCUT2D eigenvalue weighted by atomic mass is 19.1. The highest BCUT2D eigenvalue weighted by Gasteiger charge is 2.09. The summed E-state index contributed by atoms with van der Waals surface area (Å²) in [5.74, 6) is -0.143. The van der Waals surface area contributed by atoms with Crippen molar-refractivity contribution >= 4 is 28.8 Å². The van der Waals surface area contributed by atoms with Gasteiger partial charge in [-0.25, -0.2) is 4.39 Å². The number of anilines is 4.